The molecule has 0 aliphatic rings. The molecule has 0 saturated carbocycles. The molecule has 1 atom stereocenters. The van der Waals surface area contributed by atoms with Crippen LogP contribution in [-0.4, -0.2) is 25.7 Å². The summed E-state index contributed by atoms with van der Waals surface area (Å²) in [5.41, 5.74) is 0.692. The number of aryl methyl sites for hydroxylation is 1. The largest absolute Gasteiger partial charge is 0.293 e. The minimum atomic E-state index is -0.442. The molecule has 0 bridgehead atoms. The zero-order valence-corrected chi connectivity index (χ0v) is 10.7. The van der Waals surface area contributed by atoms with Crippen molar-refractivity contribution in [2.75, 3.05) is 5.32 Å². The van der Waals surface area contributed by atoms with E-state index in [4.69, 9.17) is 11.6 Å². The number of anilines is 1. The summed E-state index contributed by atoms with van der Waals surface area (Å²) in [7, 11) is 0. The first-order chi connectivity index (χ1) is 8.56. The van der Waals surface area contributed by atoms with Gasteiger partial charge in [0.1, 0.15) is 11.2 Å². The summed E-state index contributed by atoms with van der Waals surface area (Å²) in [6.07, 6.45) is 3.33. The van der Waals surface area contributed by atoms with Gasteiger partial charge in [-0.25, -0.2) is 9.97 Å². The summed E-state index contributed by atoms with van der Waals surface area (Å²) in [6.45, 7) is 3.51. The lowest BCUT2D eigenvalue weighted by molar-refractivity contribution is -0.119. The molecule has 2 aromatic rings. The summed E-state index contributed by atoms with van der Waals surface area (Å²) >= 11 is 5.79. The van der Waals surface area contributed by atoms with Crippen molar-refractivity contribution in [2.24, 2.45) is 0 Å². The summed E-state index contributed by atoms with van der Waals surface area (Å²) in [5, 5.41) is 6.90. The van der Waals surface area contributed by atoms with E-state index in [1.165, 1.54) is 0 Å². The van der Waals surface area contributed by atoms with Crippen LogP contribution in [0.15, 0.2) is 24.5 Å². The summed E-state index contributed by atoms with van der Waals surface area (Å²) in [6, 6.07) is 2.93. The molecular formula is C11H12ClN5O. The van der Waals surface area contributed by atoms with Crippen LogP contribution in [-0.2, 0) is 4.79 Å². The molecule has 6 nitrogen and oxygen atoms in total. The average molecular weight is 266 g/mol. The van der Waals surface area contributed by atoms with Crippen LogP contribution in [0, 0.1) is 6.92 Å². The van der Waals surface area contributed by atoms with Crippen molar-refractivity contribution in [1.29, 1.82) is 0 Å². The van der Waals surface area contributed by atoms with Gasteiger partial charge in [0.15, 0.2) is 0 Å². The molecular weight excluding hydrogens is 254 g/mol. The van der Waals surface area contributed by atoms with Crippen LogP contribution in [0.3, 0.4) is 0 Å². The van der Waals surface area contributed by atoms with Gasteiger partial charge in [-0.1, -0.05) is 11.6 Å². The van der Waals surface area contributed by atoms with Gasteiger partial charge in [-0.15, -0.1) is 0 Å². The molecule has 18 heavy (non-hydrogen) atoms. The van der Waals surface area contributed by atoms with E-state index in [2.05, 4.69) is 20.4 Å². The lowest BCUT2D eigenvalue weighted by atomic mass is 10.3. The second kappa shape index (κ2) is 5.14. The Balaban J connectivity index is 2.11. The van der Waals surface area contributed by atoms with E-state index in [0.29, 0.717) is 10.8 Å². The number of halogens is 1. The van der Waals surface area contributed by atoms with Crippen LogP contribution in [0.4, 0.5) is 5.95 Å². The zero-order chi connectivity index (χ0) is 13.1. The second-order valence-corrected chi connectivity index (χ2v) is 4.19. The highest BCUT2D eigenvalue weighted by Crippen LogP contribution is 2.11. The van der Waals surface area contributed by atoms with Crippen LogP contribution in [0.25, 0.3) is 0 Å². The van der Waals surface area contributed by atoms with Crippen molar-refractivity contribution in [3.63, 3.8) is 0 Å². The Bertz CT molecular complexity index is 534. The molecule has 0 aliphatic heterocycles. The average Bonchev–Trinajstić information content (AvgIpc) is 2.79. The van der Waals surface area contributed by atoms with Crippen molar-refractivity contribution >= 4 is 23.5 Å². The first-order valence-electron chi connectivity index (χ1n) is 5.37. The second-order valence-electron chi connectivity index (χ2n) is 3.81. The number of carbonyl (C=O) groups is 1. The van der Waals surface area contributed by atoms with E-state index < -0.39 is 6.04 Å². The molecule has 1 amide bonds. The third kappa shape index (κ3) is 2.84. The summed E-state index contributed by atoms with van der Waals surface area (Å²) < 4.78 is 1.55. The molecule has 2 rings (SSSR count). The van der Waals surface area contributed by atoms with Crippen LogP contribution >= 0.6 is 11.6 Å². The van der Waals surface area contributed by atoms with Gasteiger partial charge in [0, 0.05) is 18.1 Å². The number of carbonyl (C=O) groups excluding carboxylic acids is 1. The van der Waals surface area contributed by atoms with Gasteiger partial charge in [0.25, 0.3) is 5.91 Å². The Morgan fingerprint density at radius 3 is 2.89 bits per heavy atom. The molecule has 0 saturated heterocycles. The third-order valence-electron chi connectivity index (χ3n) is 2.36. The Labute approximate surface area is 109 Å². The maximum atomic E-state index is 11.9. The zero-order valence-electron chi connectivity index (χ0n) is 9.96. The number of nitrogens with one attached hydrogen (secondary N) is 1. The maximum Gasteiger partial charge on any atom is 0.251 e. The molecule has 0 aliphatic carbocycles. The number of rotatable bonds is 3. The van der Waals surface area contributed by atoms with E-state index in [0.717, 1.165) is 0 Å². The molecule has 1 N–H and O–H groups in total. The molecule has 0 spiro atoms. The van der Waals surface area contributed by atoms with E-state index >= 15 is 0 Å². The minimum Gasteiger partial charge on any atom is -0.293 e. The van der Waals surface area contributed by atoms with Crippen molar-refractivity contribution in [1.82, 2.24) is 19.7 Å². The first-order valence-corrected chi connectivity index (χ1v) is 5.75. The highest BCUT2D eigenvalue weighted by molar-refractivity contribution is 6.29. The quantitative estimate of drug-likeness (QED) is 0.860. The standard InChI is InChI=1S/C11H12ClN5O/c1-7-6-9(12)15-11(14-7)16-10(18)8(2)17-5-3-4-13-17/h3-6,8H,1-2H3,(H,14,15,16,18). The normalized spacial score (nSPS) is 12.2. The monoisotopic (exact) mass is 265 g/mol. The maximum absolute atomic E-state index is 11.9. The van der Waals surface area contributed by atoms with Gasteiger partial charge in [0.05, 0.1) is 0 Å². The Hall–Kier alpha value is -1.95. The molecule has 1 unspecified atom stereocenters. The smallest absolute Gasteiger partial charge is 0.251 e. The fraction of sp³-hybridized carbons (Fsp3) is 0.273. The first kappa shape index (κ1) is 12.5. The Kier molecular flexibility index (Phi) is 3.57. The van der Waals surface area contributed by atoms with Gasteiger partial charge >= 0.3 is 0 Å². The van der Waals surface area contributed by atoms with Crippen molar-refractivity contribution in [2.45, 2.75) is 19.9 Å². The van der Waals surface area contributed by atoms with E-state index in [1.807, 2.05) is 0 Å². The highest BCUT2D eigenvalue weighted by Gasteiger charge is 2.16. The lowest BCUT2D eigenvalue weighted by Crippen LogP contribution is -2.25. The van der Waals surface area contributed by atoms with Crippen LogP contribution < -0.4 is 5.32 Å². The SMILES string of the molecule is Cc1cc(Cl)nc(NC(=O)C(C)n2cccn2)n1. The fourth-order valence-electron chi connectivity index (χ4n) is 1.43. The summed E-state index contributed by atoms with van der Waals surface area (Å²) in [4.78, 5) is 19.9. The van der Waals surface area contributed by atoms with Gasteiger partial charge in [-0.2, -0.15) is 5.10 Å². The Morgan fingerprint density at radius 1 is 1.50 bits per heavy atom. The van der Waals surface area contributed by atoms with Crippen LogP contribution in [0.5, 0.6) is 0 Å². The van der Waals surface area contributed by atoms with Crippen molar-refractivity contribution in [3.8, 4) is 0 Å². The number of hydrogen-bond donors (Lipinski definition) is 1. The van der Waals surface area contributed by atoms with Gasteiger partial charge < -0.3 is 0 Å². The predicted molar refractivity (Wildman–Crippen MR) is 67.3 cm³/mol. The topological polar surface area (TPSA) is 72.7 Å². The fourth-order valence-corrected chi connectivity index (χ4v) is 1.67. The molecule has 2 aromatic heterocycles. The van der Waals surface area contributed by atoms with Gasteiger partial charge in [-0.3, -0.25) is 14.8 Å². The number of aromatic nitrogens is 4. The number of hydrogen-bond acceptors (Lipinski definition) is 4. The van der Waals surface area contributed by atoms with E-state index in [9.17, 15) is 4.79 Å². The van der Waals surface area contributed by atoms with Crippen molar-refractivity contribution in [3.05, 3.63) is 35.4 Å². The molecule has 0 radical (unpaired) electrons. The van der Waals surface area contributed by atoms with Crippen molar-refractivity contribution < 1.29 is 4.79 Å². The number of amides is 1. The van der Waals surface area contributed by atoms with Crippen LogP contribution in [0.2, 0.25) is 5.15 Å². The van der Waals surface area contributed by atoms with Gasteiger partial charge in [0.2, 0.25) is 5.95 Å². The molecule has 94 valence electrons. The molecule has 2 heterocycles. The number of nitrogens with zero attached hydrogens (tertiary/aromatic N) is 4. The van der Waals surface area contributed by atoms with E-state index in [-0.39, 0.29) is 11.9 Å². The lowest BCUT2D eigenvalue weighted by Gasteiger charge is -2.11. The Morgan fingerprint density at radius 2 is 2.28 bits per heavy atom. The predicted octanol–water partition coefficient (Wildman–Crippen LogP) is 1.83. The summed E-state index contributed by atoms with van der Waals surface area (Å²) in [5.74, 6) is -0.0515. The molecule has 0 fully saturated rings. The van der Waals surface area contributed by atoms with Crippen LogP contribution in [0.1, 0.15) is 18.7 Å². The highest BCUT2D eigenvalue weighted by atomic mass is 35.5. The van der Waals surface area contributed by atoms with E-state index in [1.54, 1.807) is 43.1 Å². The third-order valence-corrected chi connectivity index (χ3v) is 2.55. The molecule has 0 aromatic carbocycles. The van der Waals surface area contributed by atoms with Gasteiger partial charge in [-0.05, 0) is 26.0 Å². The molecule has 7 heteroatoms. The minimum absolute atomic E-state index is 0.198.